The fourth-order valence-electron chi connectivity index (χ4n) is 2.46. The Morgan fingerprint density at radius 1 is 1.32 bits per heavy atom. The molecule has 0 aliphatic carbocycles. The molecule has 1 N–H and O–H groups in total. The molecule has 0 saturated heterocycles. The molecule has 0 fully saturated rings. The molecule has 0 radical (unpaired) electrons. The third-order valence-electron chi connectivity index (χ3n) is 3.69. The highest BCUT2D eigenvalue weighted by atomic mass is 19.1. The van der Waals surface area contributed by atoms with Gasteiger partial charge in [0.25, 0.3) is 0 Å². The topological polar surface area (TPSA) is 73.0 Å². The van der Waals surface area contributed by atoms with Gasteiger partial charge in [-0.2, -0.15) is 5.10 Å². The SMILES string of the molecule is CC(C)n1nccc1NC(=O)CCc1ncc(-c2ccccc2F)o1. The summed E-state index contributed by atoms with van der Waals surface area (Å²) in [6.45, 7) is 3.97. The number of aryl methyl sites for hydroxylation is 1. The Morgan fingerprint density at radius 2 is 2.12 bits per heavy atom. The number of hydrogen-bond acceptors (Lipinski definition) is 4. The van der Waals surface area contributed by atoms with Crippen LogP contribution in [0.25, 0.3) is 11.3 Å². The van der Waals surface area contributed by atoms with Crippen LogP contribution < -0.4 is 5.32 Å². The summed E-state index contributed by atoms with van der Waals surface area (Å²) < 4.78 is 21.0. The summed E-state index contributed by atoms with van der Waals surface area (Å²) in [5.74, 6) is 0.870. The van der Waals surface area contributed by atoms with Gasteiger partial charge in [-0.25, -0.2) is 14.1 Å². The lowest BCUT2D eigenvalue weighted by Gasteiger charge is -2.11. The summed E-state index contributed by atoms with van der Waals surface area (Å²) in [6.07, 6.45) is 3.65. The molecule has 7 heteroatoms. The molecule has 1 amide bonds. The van der Waals surface area contributed by atoms with Crippen LogP contribution in [0.2, 0.25) is 0 Å². The van der Waals surface area contributed by atoms with E-state index in [4.69, 9.17) is 4.42 Å². The molecular weight excluding hydrogens is 323 g/mol. The molecule has 25 heavy (non-hydrogen) atoms. The van der Waals surface area contributed by atoms with Crippen molar-refractivity contribution in [3.8, 4) is 11.3 Å². The number of nitrogens with zero attached hydrogens (tertiary/aromatic N) is 3. The third kappa shape index (κ3) is 3.93. The third-order valence-corrected chi connectivity index (χ3v) is 3.69. The first-order valence-corrected chi connectivity index (χ1v) is 8.07. The second-order valence-electron chi connectivity index (χ2n) is 5.90. The second-order valence-corrected chi connectivity index (χ2v) is 5.90. The summed E-state index contributed by atoms with van der Waals surface area (Å²) in [6, 6.07) is 8.23. The van der Waals surface area contributed by atoms with Crippen LogP contribution in [0.15, 0.2) is 47.1 Å². The van der Waals surface area contributed by atoms with Crippen LogP contribution in [0.1, 0.15) is 32.2 Å². The van der Waals surface area contributed by atoms with Gasteiger partial charge in [0.05, 0.1) is 18.0 Å². The number of halogens is 1. The van der Waals surface area contributed by atoms with Crippen LogP contribution in [0.3, 0.4) is 0 Å². The van der Waals surface area contributed by atoms with E-state index in [-0.39, 0.29) is 24.2 Å². The monoisotopic (exact) mass is 342 g/mol. The van der Waals surface area contributed by atoms with Crippen LogP contribution in [0.5, 0.6) is 0 Å². The Labute approximate surface area is 144 Å². The smallest absolute Gasteiger partial charge is 0.226 e. The Balaban J connectivity index is 1.60. The summed E-state index contributed by atoms with van der Waals surface area (Å²) in [5.41, 5.74) is 0.353. The van der Waals surface area contributed by atoms with Crippen molar-refractivity contribution >= 4 is 11.7 Å². The van der Waals surface area contributed by atoms with Crippen LogP contribution in [-0.2, 0) is 11.2 Å². The molecule has 0 spiro atoms. The zero-order chi connectivity index (χ0) is 17.8. The Bertz CT molecular complexity index is 869. The number of anilines is 1. The fraction of sp³-hybridized carbons (Fsp3) is 0.278. The van der Waals surface area contributed by atoms with E-state index in [2.05, 4.69) is 15.4 Å². The largest absolute Gasteiger partial charge is 0.441 e. The number of hydrogen-bond donors (Lipinski definition) is 1. The van der Waals surface area contributed by atoms with Gasteiger partial charge in [-0.15, -0.1) is 0 Å². The molecule has 0 unspecified atom stereocenters. The van der Waals surface area contributed by atoms with Crippen LogP contribution in [-0.4, -0.2) is 20.7 Å². The van der Waals surface area contributed by atoms with Gasteiger partial charge in [0.1, 0.15) is 11.6 Å². The minimum absolute atomic E-state index is 0.153. The molecule has 0 saturated carbocycles. The number of amides is 1. The molecule has 130 valence electrons. The van der Waals surface area contributed by atoms with E-state index in [9.17, 15) is 9.18 Å². The molecule has 3 aromatic rings. The second kappa shape index (κ2) is 7.29. The van der Waals surface area contributed by atoms with Crippen molar-refractivity contribution in [1.82, 2.24) is 14.8 Å². The molecular formula is C18H19FN4O2. The normalized spacial score (nSPS) is 11.0. The number of benzene rings is 1. The van der Waals surface area contributed by atoms with E-state index >= 15 is 0 Å². The van der Waals surface area contributed by atoms with E-state index in [1.165, 1.54) is 12.3 Å². The Kier molecular flexibility index (Phi) is 4.92. The zero-order valence-corrected chi connectivity index (χ0v) is 14.1. The van der Waals surface area contributed by atoms with E-state index in [0.717, 1.165) is 0 Å². The predicted molar refractivity (Wildman–Crippen MR) is 91.5 cm³/mol. The Morgan fingerprint density at radius 3 is 2.88 bits per heavy atom. The first kappa shape index (κ1) is 16.9. The molecule has 1 aromatic carbocycles. The number of carbonyl (C=O) groups is 1. The number of rotatable bonds is 6. The highest BCUT2D eigenvalue weighted by Gasteiger charge is 2.13. The first-order valence-electron chi connectivity index (χ1n) is 8.07. The molecule has 6 nitrogen and oxygen atoms in total. The highest BCUT2D eigenvalue weighted by Crippen LogP contribution is 2.23. The van der Waals surface area contributed by atoms with E-state index in [1.807, 2.05) is 13.8 Å². The van der Waals surface area contributed by atoms with Gasteiger partial charge in [0.15, 0.2) is 11.7 Å². The molecule has 3 rings (SSSR count). The summed E-state index contributed by atoms with van der Waals surface area (Å²) >= 11 is 0. The van der Waals surface area contributed by atoms with Crippen molar-refractivity contribution in [2.75, 3.05) is 5.32 Å². The quantitative estimate of drug-likeness (QED) is 0.739. The molecule has 0 aliphatic heterocycles. The van der Waals surface area contributed by atoms with Crippen molar-refractivity contribution in [2.45, 2.75) is 32.7 Å². The zero-order valence-electron chi connectivity index (χ0n) is 14.1. The lowest BCUT2D eigenvalue weighted by atomic mass is 10.2. The number of nitrogens with one attached hydrogen (secondary N) is 1. The lowest BCUT2D eigenvalue weighted by molar-refractivity contribution is -0.116. The van der Waals surface area contributed by atoms with Gasteiger partial charge in [0, 0.05) is 24.9 Å². The molecule has 0 aliphatic rings. The van der Waals surface area contributed by atoms with Crippen molar-refractivity contribution < 1.29 is 13.6 Å². The number of carbonyl (C=O) groups excluding carboxylic acids is 1. The maximum atomic E-state index is 13.8. The van der Waals surface area contributed by atoms with Gasteiger partial charge >= 0.3 is 0 Å². The number of oxazole rings is 1. The van der Waals surface area contributed by atoms with E-state index < -0.39 is 0 Å². The minimum Gasteiger partial charge on any atom is -0.441 e. The molecule has 0 atom stereocenters. The average molecular weight is 342 g/mol. The van der Waals surface area contributed by atoms with Crippen molar-refractivity contribution in [2.24, 2.45) is 0 Å². The highest BCUT2D eigenvalue weighted by molar-refractivity contribution is 5.89. The van der Waals surface area contributed by atoms with E-state index in [0.29, 0.717) is 29.5 Å². The fourth-order valence-corrected chi connectivity index (χ4v) is 2.46. The lowest BCUT2D eigenvalue weighted by Crippen LogP contribution is -2.17. The van der Waals surface area contributed by atoms with Crippen molar-refractivity contribution in [1.29, 1.82) is 0 Å². The predicted octanol–water partition coefficient (Wildman–Crippen LogP) is 3.83. The minimum atomic E-state index is -0.370. The van der Waals surface area contributed by atoms with Crippen molar-refractivity contribution in [3.05, 3.63) is 54.4 Å². The maximum absolute atomic E-state index is 13.8. The van der Waals surface area contributed by atoms with Crippen LogP contribution >= 0.6 is 0 Å². The summed E-state index contributed by atoms with van der Waals surface area (Å²) in [4.78, 5) is 16.2. The molecule has 0 bridgehead atoms. The summed E-state index contributed by atoms with van der Waals surface area (Å²) in [5, 5.41) is 6.99. The van der Waals surface area contributed by atoms with Gasteiger partial charge in [0.2, 0.25) is 5.91 Å². The maximum Gasteiger partial charge on any atom is 0.226 e. The number of aromatic nitrogens is 3. The molecule has 2 aromatic heterocycles. The Hall–Kier alpha value is -2.96. The van der Waals surface area contributed by atoms with Gasteiger partial charge in [-0.05, 0) is 26.0 Å². The molecule has 2 heterocycles. The van der Waals surface area contributed by atoms with Crippen molar-refractivity contribution in [3.63, 3.8) is 0 Å². The van der Waals surface area contributed by atoms with Crippen LogP contribution in [0, 0.1) is 5.82 Å². The van der Waals surface area contributed by atoms with E-state index in [1.54, 1.807) is 35.1 Å². The first-order chi connectivity index (χ1) is 12.0. The van der Waals surface area contributed by atoms with Crippen LogP contribution in [0.4, 0.5) is 10.2 Å². The summed E-state index contributed by atoms with van der Waals surface area (Å²) in [7, 11) is 0. The average Bonchev–Trinajstić information content (AvgIpc) is 3.22. The standard InChI is InChI=1S/C18H19FN4O2/c1-12(2)23-16(9-10-21-23)22-17(24)7-8-18-20-11-15(25-18)13-5-3-4-6-14(13)19/h3-6,9-12H,7-8H2,1-2H3,(H,22,24). The van der Waals surface area contributed by atoms with Gasteiger partial charge < -0.3 is 9.73 Å². The van der Waals surface area contributed by atoms with Gasteiger partial charge in [-0.1, -0.05) is 12.1 Å². The van der Waals surface area contributed by atoms with Gasteiger partial charge in [-0.3, -0.25) is 4.79 Å².